The molecule has 0 aliphatic carbocycles. The Morgan fingerprint density at radius 2 is 1.88 bits per heavy atom. The summed E-state index contributed by atoms with van der Waals surface area (Å²) in [7, 11) is 0. The molecule has 0 bridgehead atoms. The number of carbonyl (C=O) groups excluding carboxylic acids is 1. The Labute approximate surface area is 98.2 Å². The van der Waals surface area contributed by atoms with E-state index >= 15 is 0 Å². The van der Waals surface area contributed by atoms with E-state index in [1.54, 1.807) is 0 Å². The summed E-state index contributed by atoms with van der Waals surface area (Å²) in [6, 6.07) is 9.49. The van der Waals surface area contributed by atoms with Crippen molar-refractivity contribution >= 4 is 12.0 Å². The van der Waals surface area contributed by atoms with E-state index in [1.807, 2.05) is 43.3 Å². The minimum absolute atomic E-state index is 0.822. The Morgan fingerprint density at radius 1 is 1.25 bits per heavy atom. The fraction of sp³-hybridized carbons (Fsp3) is 0.357. The van der Waals surface area contributed by atoms with Gasteiger partial charge >= 0.3 is 0 Å². The van der Waals surface area contributed by atoms with E-state index in [-0.39, 0.29) is 0 Å². The summed E-state index contributed by atoms with van der Waals surface area (Å²) < 4.78 is 0. The van der Waals surface area contributed by atoms with Gasteiger partial charge in [0.15, 0.2) is 0 Å². The molecule has 0 saturated heterocycles. The topological polar surface area (TPSA) is 43.1 Å². The lowest BCUT2D eigenvalue weighted by molar-refractivity contribution is -0.105. The highest BCUT2D eigenvalue weighted by Crippen LogP contribution is 1.99. The molecule has 0 heterocycles. The average Bonchev–Trinajstić information content (AvgIpc) is 2.32. The summed E-state index contributed by atoms with van der Waals surface area (Å²) in [6.45, 7) is 4.10. The molecular formula is C14H21NO. The molecule has 2 heteroatoms. The number of aldehydes is 1. The van der Waals surface area contributed by atoms with Crippen LogP contribution in [-0.2, 0) is 4.79 Å². The molecule has 0 fully saturated rings. The van der Waals surface area contributed by atoms with Gasteiger partial charge in [0, 0.05) is 5.69 Å². The lowest BCUT2D eigenvalue weighted by Gasteiger charge is -1.90. The SMILES string of the molecule is CCCC=C(C=O)CC.Nc1ccccc1. The van der Waals surface area contributed by atoms with Gasteiger partial charge in [-0.2, -0.15) is 0 Å². The van der Waals surface area contributed by atoms with Crippen molar-refractivity contribution in [3.05, 3.63) is 42.0 Å². The fourth-order valence-corrected chi connectivity index (χ4v) is 1.06. The van der Waals surface area contributed by atoms with E-state index < -0.39 is 0 Å². The molecule has 0 saturated carbocycles. The summed E-state index contributed by atoms with van der Waals surface area (Å²) in [5.41, 5.74) is 7.11. The van der Waals surface area contributed by atoms with Crippen LogP contribution in [-0.4, -0.2) is 6.29 Å². The number of nitrogen functional groups attached to an aromatic ring is 1. The van der Waals surface area contributed by atoms with E-state index in [9.17, 15) is 4.79 Å². The molecule has 0 amide bonds. The minimum atomic E-state index is 0.822. The predicted molar refractivity (Wildman–Crippen MR) is 70.2 cm³/mol. The largest absolute Gasteiger partial charge is 0.399 e. The average molecular weight is 219 g/mol. The molecule has 2 N–H and O–H groups in total. The Hall–Kier alpha value is -1.57. The lowest BCUT2D eigenvalue weighted by atomic mass is 10.2. The lowest BCUT2D eigenvalue weighted by Crippen LogP contribution is -1.80. The van der Waals surface area contributed by atoms with E-state index in [0.29, 0.717) is 0 Å². The van der Waals surface area contributed by atoms with Gasteiger partial charge in [-0.3, -0.25) is 4.79 Å². The second-order valence-corrected chi connectivity index (χ2v) is 3.45. The van der Waals surface area contributed by atoms with Crippen molar-refractivity contribution in [2.75, 3.05) is 5.73 Å². The fourth-order valence-electron chi connectivity index (χ4n) is 1.06. The van der Waals surface area contributed by atoms with Crippen molar-refractivity contribution in [2.45, 2.75) is 33.1 Å². The van der Waals surface area contributed by atoms with Crippen LogP contribution in [0.3, 0.4) is 0 Å². The second-order valence-electron chi connectivity index (χ2n) is 3.45. The summed E-state index contributed by atoms with van der Waals surface area (Å²) in [4.78, 5) is 10.2. The van der Waals surface area contributed by atoms with Crippen LogP contribution in [0.1, 0.15) is 33.1 Å². The zero-order valence-corrected chi connectivity index (χ0v) is 10.1. The number of unbranched alkanes of at least 4 members (excludes halogenated alkanes) is 1. The Bertz CT molecular complexity index is 304. The van der Waals surface area contributed by atoms with Crippen LogP contribution in [0.5, 0.6) is 0 Å². The van der Waals surface area contributed by atoms with Crippen molar-refractivity contribution in [2.24, 2.45) is 0 Å². The third kappa shape index (κ3) is 7.80. The number of para-hydroxylation sites is 1. The van der Waals surface area contributed by atoms with Crippen LogP contribution in [0.2, 0.25) is 0 Å². The number of nitrogens with two attached hydrogens (primary N) is 1. The number of hydrogen-bond acceptors (Lipinski definition) is 2. The maximum Gasteiger partial charge on any atom is 0.145 e. The van der Waals surface area contributed by atoms with Crippen LogP contribution >= 0.6 is 0 Å². The van der Waals surface area contributed by atoms with E-state index in [2.05, 4.69) is 6.92 Å². The molecule has 0 aromatic heterocycles. The number of carbonyl (C=O) groups is 1. The van der Waals surface area contributed by atoms with Crippen molar-refractivity contribution in [3.63, 3.8) is 0 Å². The third-order valence-electron chi connectivity index (χ3n) is 2.05. The van der Waals surface area contributed by atoms with Crippen LogP contribution in [0.25, 0.3) is 0 Å². The first-order valence-corrected chi connectivity index (χ1v) is 5.69. The van der Waals surface area contributed by atoms with Crippen molar-refractivity contribution < 1.29 is 4.79 Å². The number of allylic oxidation sites excluding steroid dienone is 2. The van der Waals surface area contributed by atoms with Gasteiger partial charge in [-0.25, -0.2) is 0 Å². The highest BCUT2D eigenvalue weighted by atomic mass is 16.1. The molecule has 0 atom stereocenters. The molecule has 0 aliphatic heterocycles. The maximum atomic E-state index is 10.2. The number of hydrogen-bond donors (Lipinski definition) is 1. The van der Waals surface area contributed by atoms with Gasteiger partial charge in [0.1, 0.15) is 6.29 Å². The van der Waals surface area contributed by atoms with E-state index in [4.69, 9.17) is 5.73 Å². The molecule has 88 valence electrons. The Balaban J connectivity index is 0.000000288. The summed E-state index contributed by atoms with van der Waals surface area (Å²) in [5.74, 6) is 0. The molecule has 0 aliphatic rings. The van der Waals surface area contributed by atoms with Crippen LogP contribution < -0.4 is 5.73 Å². The van der Waals surface area contributed by atoms with Gasteiger partial charge < -0.3 is 5.73 Å². The third-order valence-corrected chi connectivity index (χ3v) is 2.05. The summed E-state index contributed by atoms with van der Waals surface area (Å²) >= 11 is 0. The van der Waals surface area contributed by atoms with E-state index in [0.717, 1.165) is 36.8 Å². The normalized spacial score (nSPS) is 10.2. The molecule has 0 radical (unpaired) electrons. The van der Waals surface area contributed by atoms with Crippen LogP contribution in [0.15, 0.2) is 42.0 Å². The van der Waals surface area contributed by atoms with E-state index in [1.165, 1.54) is 0 Å². The zero-order chi connectivity index (χ0) is 12.2. The monoisotopic (exact) mass is 219 g/mol. The number of rotatable bonds is 4. The molecule has 1 aromatic carbocycles. The molecule has 1 rings (SSSR count). The molecule has 0 unspecified atom stereocenters. The van der Waals surface area contributed by atoms with Crippen molar-refractivity contribution in [1.29, 1.82) is 0 Å². The van der Waals surface area contributed by atoms with Crippen LogP contribution in [0.4, 0.5) is 5.69 Å². The quantitative estimate of drug-likeness (QED) is 0.477. The van der Waals surface area contributed by atoms with Crippen molar-refractivity contribution in [1.82, 2.24) is 0 Å². The number of anilines is 1. The Morgan fingerprint density at radius 3 is 2.19 bits per heavy atom. The van der Waals surface area contributed by atoms with Crippen LogP contribution in [0, 0.1) is 0 Å². The van der Waals surface area contributed by atoms with Crippen molar-refractivity contribution in [3.8, 4) is 0 Å². The van der Waals surface area contributed by atoms with Gasteiger partial charge in [-0.05, 0) is 30.5 Å². The van der Waals surface area contributed by atoms with Gasteiger partial charge in [0.05, 0.1) is 0 Å². The predicted octanol–water partition coefficient (Wildman–Crippen LogP) is 3.59. The van der Waals surface area contributed by atoms with Gasteiger partial charge in [0.25, 0.3) is 0 Å². The number of benzene rings is 1. The molecule has 2 nitrogen and oxygen atoms in total. The summed E-state index contributed by atoms with van der Waals surface area (Å²) in [6.07, 6.45) is 5.96. The minimum Gasteiger partial charge on any atom is -0.399 e. The van der Waals surface area contributed by atoms with Gasteiger partial charge in [0.2, 0.25) is 0 Å². The van der Waals surface area contributed by atoms with Gasteiger partial charge in [-0.15, -0.1) is 0 Å². The smallest absolute Gasteiger partial charge is 0.145 e. The standard InChI is InChI=1S/C8H14O.C6H7N/c1-3-5-6-8(4-2)7-9;7-6-4-2-1-3-5-6/h6-7H,3-5H2,1-2H3;1-5H,7H2. The highest BCUT2D eigenvalue weighted by molar-refractivity contribution is 5.72. The van der Waals surface area contributed by atoms with Gasteiger partial charge in [-0.1, -0.05) is 44.5 Å². The molecule has 0 spiro atoms. The zero-order valence-electron chi connectivity index (χ0n) is 10.1. The molecular weight excluding hydrogens is 198 g/mol. The first-order valence-electron chi connectivity index (χ1n) is 5.69. The molecule has 16 heavy (non-hydrogen) atoms. The molecule has 1 aromatic rings. The summed E-state index contributed by atoms with van der Waals surface area (Å²) in [5, 5.41) is 0. The maximum absolute atomic E-state index is 10.2. The first-order chi connectivity index (χ1) is 7.74. The first kappa shape index (κ1) is 14.4. The Kier molecular flexibility index (Phi) is 8.99. The second kappa shape index (κ2) is 9.97. The highest BCUT2D eigenvalue weighted by Gasteiger charge is 1.86.